The second-order valence-electron chi connectivity index (χ2n) is 6.71. The first-order valence-electron chi connectivity index (χ1n) is 9.37. The molecule has 9 heteroatoms. The van der Waals surface area contributed by atoms with E-state index in [0.717, 1.165) is 22.9 Å². The average Bonchev–Trinajstić information content (AvgIpc) is 2.75. The molecule has 3 aromatic rings. The van der Waals surface area contributed by atoms with Gasteiger partial charge in [0.15, 0.2) is 0 Å². The number of nitrogens with zero attached hydrogens (tertiary/aromatic N) is 3. The van der Waals surface area contributed by atoms with Crippen LogP contribution in [-0.4, -0.2) is 49.0 Å². The summed E-state index contributed by atoms with van der Waals surface area (Å²) in [5.74, 6) is 0.577. The first-order chi connectivity index (χ1) is 14.0. The van der Waals surface area contributed by atoms with Crippen molar-refractivity contribution in [3.63, 3.8) is 0 Å². The van der Waals surface area contributed by atoms with Crippen LogP contribution in [0.1, 0.15) is 12.5 Å². The third kappa shape index (κ3) is 4.06. The zero-order chi connectivity index (χ0) is 20.4. The number of fused-ring (bicyclic) bond motifs is 1. The van der Waals surface area contributed by atoms with Crippen LogP contribution in [0, 0.1) is 0 Å². The number of anilines is 2. The van der Waals surface area contributed by atoms with Crippen LogP contribution in [-0.2, 0) is 21.2 Å². The van der Waals surface area contributed by atoms with E-state index in [1.165, 1.54) is 16.7 Å². The van der Waals surface area contributed by atoms with E-state index in [1.807, 2.05) is 18.2 Å². The highest BCUT2D eigenvalue weighted by atomic mass is 35.5. The Labute approximate surface area is 174 Å². The Morgan fingerprint density at radius 1 is 1.14 bits per heavy atom. The van der Waals surface area contributed by atoms with Crippen LogP contribution in [0.15, 0.2) is 47.6 Å². The van der Waals surface area contributed by atoms with Crippen LogP contribution in [0.4, 0.5) is 11.5 Å². The lowest BCUT2D eigenvalue weighted by Crippen LogP contribution is -2.40. The van der Waals surface area contributed by atoms with Crippen molar-refractivity contribution < 1.29 is 13.2 Å². The monoisotopic (exact) mass is 432 g/mol. The number of morpholine rings is 1. The molecule has 29 heavy (non-hydrogen) atoms. The number of rotatable bonds is 5. The third-order valence-corrected chi connectivity index (χ3v) is 7.13. The van der Waals surface area contributed by atoms with Gasteiger partial charge in [0, 0.05) is 18.5 Å². The average molecular weight is 433 g/mol. The predicted octanol–water partition coefficient (Wildman–Crippen LogP) is 3.61. The second-order valence-corrected chi connectivity index (χ2v) is 9.06. The van der Waals surface area contributed by atoms with Gasteiger partial charge in [-0.05, 0) is 42.3 Å². The van der Waals surface area contributed by atoms with E-state index in [0.29, 0.717) is 42.8 Å². The van der Waals surface area contributed by atoms with Crippen molar-refractivity contribution >= 4 is 44.0 Å². The Balaban J connectivity index is 1.71. The minimum absolute atomic E-state index is 0.180. The number of benzene rings is 2. The van der Waals surface area contributed by atoms with E-state index in [-0.39, 0.29) is 4.90 Å². The van der Waals surface area contributed by atoms with Crippen molar-refractivity contribution in [1.29, 1.82) is 0 Å². The molecular formula is C20H21ClN4O3S. The topological polar surface area (TPSA) is 84.4 Å². The third-order valence-electron chi connectivity index (χ3n) is 4.91. The molecule has 0 unspecified atom stereocenters. The highest BCUT2D eigenvalue weighted by Crippen LogP contribution is 2.31. The summed E-state index contributed by atoms with van der Waals surface area (Å²) in [6.07, 6.45) is 2.36. The van der Waals surface area contributed by atoms with Gasteiger partial charge in [-0.3, -0.25) is 0 Å². The van der Waals surface area contributed by atoms with Gasteiger partial charge in [0.05, 0.1) is 34.3 Å². The standard InChI is InChI=1S/C20H21ClN4O3S/c1-2-14-3-6-18-16(11-14)20(23-13-22-18)24-19-12-15(4-5-17(19)21)29(26,27)25-7-9-28-10-8-25/h3-6,11-13H,2,7-10H2,1H3,(H,22,23,24). The number of hydrogen-bond acceptors (Lipinski definition) is 6. The lowest BCUT2D eigenvalue weighted by atomic mass is 10.1. The quantitative estimate of drug-likeness (QED) is 0.663. The summed E-state index contributed by atoms with van der Waals surface area (Å²) >= 11 is 6.36. The SMILES string of the molecule is CCc1ccc2ncnc(Nc3cc(S(=O)(=O)N4CCOCC4)ccc3Cl)c2c1. The van der Waals surface area contributed by atoms with Gasteiger partial charge in [-0.25, -0.2) is 18.4 Å². The summed E-state index contributed by atoms with van der Waals surface area (Å²) in [7, 11) is -3.62. The lowest BCUT2D eigenvalue weighted by molar-refractivity contribution is 0.0730. The van der Waals surface area contributed by atoms with E-state index < -0.39 is 10.0 Å². The van der Waals surface area contributed by atoms with Crippen LogP contribution in [0.5, 0.6) is 0 Å². The molecule has 1 aromatic heterocycles. The first-order valence-corrected chi connectivity index (χ1v) is 11.2. The summed E-state index contributed by atoms with van der Waals surface area (Å²) < 4.78 is 32.6. The number of sulfonamides is 1. The number of hydrogen-bond donors (Lipinski definition) is 1. The maximum absolute atomic E-state index is 13.0. The maximum atomic E-state index is 13.0. The smallest absolute Gasteiger partial charge is 0.243 e. The normalized spacial score (nSPS) is 15.5. The van der Waals surface area contributed by atoms with E-state index in [9.17, 15) is 8.42 Å². The van der Waals surface area contributed by atoms with Crippen molar-refractivity contribution in [1.82, 2.24) is 14.3 Å². The van der Waals surface area contributed by atoms with Gasteiger partial charge in [-0.15, -0.1) is 0 Å². The molecule has 1 fully saturated rings. The Bertz CT molecular complexity index is 1150. The molecule has 2 heterocycles. The van der Waals surface area contributed by atoms with Crippen LogP contribution < -0.4 is 5.32 Å². The summed E-state index contributed by atoms with van der Waals surface area (Å²) in [5, 5.41) is 4.45. The minimum atomic E-state index is -3.62. The van der Waals surface area contributed by atoms with Gasteiger partial charge in [-0.2, -0.15) is 4.31 Å². The number of halogens is 1. The molecule has 1 N–H and O–H groups in total. The van der Waals surface area contributed by atoms with E-state index in [2.05, 4.69) is 22.2 Å². The molecule has 1 aliphatic rings. The number of ether oxygens (including phenoxy) is 1. The van der Waals surface area contributed by atoms with Crippen LogP contribution in [0.2, 0.25) is 5.02 Å². The zero-order valence-corrected chi connectivity index (χ0v) is 17.5. The maximum Gasteiger partial charge on any atom is 0.243 e. The van der Waals surface area contributed by atoms with E-state index >= 15 is 0 Å². The summed E-state index contributed by atoms with van der Waals surface area (Å²) in [6.45, 7) is 3.54. The minimum Gasteiger partial charge on any atom is -0.379 e. The number of nitrogens with one attached hydrogen (secondary N) is 1. The highest BCUT2D eigenvalue weighted by molar-refractivity contribution is 7.89. The molecule has 0 spiro atoms. The number of aryl methyl sites for hydroxylation is 1. The summed E-state index contributed by atoms with van der Waals surface area (Å²) in [6, 6.07) is 10.7. The van der Waals surface area contributed by atoms with Gasteiger partial charge < -0.3 is 10.1 Å². The summed E-state index contributed by atoms with van der Waals surface area (Å²) in [5.41, 5.74) is 2.43. The van der Waals surface area contributed by atoms with E-state index in [1.54, 1.807) is 12.1 Å². The fourth-order valence-electron chi connectivity index (χ4n) is 3.25. The highest BCUT2D eigenvalue weighted by Gasteiger charge is 2.27. The fourth-order valence-corrected chi connectivity index (χ4v) is 4.85. The molecule has 7 nitrogen and oxygen atoms in total. The Morgan fingerprint density at radius 3 is 2.69 bits per heavy atom. The largest absolute Gasteiger partial charge is 0.379 e. The fraction of sp³-hybridized carbons (Fsp3) is 0.300. The summed E-state index contributed by atoms with van der Waals surface area (Å²) in [4.78, 5) is 8.82. The lowest BCUT2D eigenvalue weighted by Gasteiger charge is -2.26. The van der Waals surface area contributed by atoms with Crippen molar-refractivity contribution in [2.24, 2.45) is 0 Å². The molecule has 0 saturated carbocycles. The molecular weight excluding hydrogens is 412 g/mol. The van der Waals surface area contributed by atoms with E-state index in [4.69, 9.17) is 16.3 Å². The van der Waals surface area contributed by atoms with Crippen molar-refractivity contribution in [2.45, 2.75) is 18.2 Å². The molecule has 1 saturated heterocycles. The van der Waals surface area contributed by atoms with Gasteiger partial charge in [0.25, 0.3) is 0 Å². The van der Waals surface area contributed by atoms with Crippen LogP contribution in [0.25, 0.3) is 10.9 Å². The zero-order valence-electron chi connectivity index (χ0n) is 15.9. The van der Waals surface area contributed by atoms with Crippen molar-refractivity contribution in [3.8, 4) is 0 Å². The number of aromatic nitrogens is 2. The molecule has 4 rings (SSSR count). The Hall–Kier alpha value is -2.26. The van der Waals surface area contributed by atoms with Crippen molar-refractivity contribution in [2.75, 3.05) is 31.6 Å². The first kappa shape index (κ1) is 20.0. The van der Waals surface area contributed by atoms with Gasteiger partial charge in [0.1, 0.15) is 12.1 Å². The van der Waals surface area contributed by atoms with Gasteiger partial charge in [0.2, 0.25) is 10.0 Å². The molecule has 2 aromatic carbocycles. The van der Waals surface area contributed by atoms with Crippen LogP contribution >= 0.6 is 11.6 Å². The van der Waals surface area contributed by atoms with Crippen LogP contribution in [0.3, 0.4) is 0 Å². The molecule has 0 amide bonds. The second kappa shape index (κ2) is 8.23. The molecule has 152 valence electrons. The predicted molar refractivity (Wildman–Crippen MR) is 113 cm³/mol. The van der Waals surface area contributed by atoms with Crippen molar-refractivity contribution in [3.05, 3.63) is 53.3 Å². The molecule has 1 aliphatic heterocycles. The van der Waals surface area contributed by atoms with Gasteiger partial charge in [-0.1, -0.05) is 24.6 Å². The molecule has 0 radical (unpaired) electrons. The molecule has 0 atom stereocenters. The Morgan fingerprint density at radius 2 is 1.93 bits per heavy atom. The molecule has 0 bridgehead atoms. The Kier molecular flexibility index (Phi) is 5.69. The molecule has 0 aliphatic carbocycles. The van der Waals surface area contributed by atoms with Gasteiger partial charge >= 0.3 is 0 Å².